The van der Waals surface area contributed by atoms with Crippen LogP contribution in [-0.2, 0) is 5.41 Å². The maximum Gasteiger partial charge on any atom is 0.273 e. The molecule has 0 saturated carbocycles. The van der Waals surface area contributed by atoms with Crippen LogP contribution in [0.5, 0.6) is 0 Å². The van der Waals surface area contributed by atoms with Gasteiger partial charge in [-0.15, -0.1) is 22.7 Å². The number of rotatable bonds is 3. The Labute approximate surface area is 160 Å². The van der Waals surface area contributed by atoms with Gasteiger partial charge in [-0.25, -0.2) is 9.97 Å². The molecule has 1 amide bonds. The third-order valence-electron chi connectivity index (χ3n) is 5.08. The molecule has 3 heterocycles. The van der Waals surface area contributed by atoms with Gasteiger partial charge in [0, 0.05) is 29.3 Å². The topological polar surface area (TPSA) is 72.1 Å². The molecule has 0 unspecified atom stereocenters. The molecule has 1 aliphatic rings. The Bertz CT molecular complexity index is 911. The van der Waals surface area contributed by atoms with Gasteiger partial charge in [-0.2, -0.15) is 0 Å². The van der Waals surface area contributed by atoms with Crippen molar-refractivity contribution in [3.05, 3.63) is 63.1 Å². The highest BCUT2D eigenvalue weighted by molar-refractivity contribution is 7.13. The molecular weight excluding hydrogens is 364 g/mol. The minimum Gasteiger partial charge on any atom is -0.375 e. The van der Waals surface area contributed by atoms with E-state index in [4.69, 9.17) is 10.7 Å². The molecule has 3 aromatic rings. The third-order valence-corrected chi connectivity index (χ3v) is 6.53. The lowest BCUT2D eigenvalue weighted by Gasteiger charge is -2.41. The molecule has 1 saturated heterocycles. The minimum absolute atomic E-state index is 0.0333. The second kappa shape index (κ2) is 6.81. The fourth-order valence-corrected chi connectivity index (χ4v) is 4.92. The minimum atomic E-state index is -0.135. The summed E-state index contributed by atoms with van der Waals surface area (Å²) in [4.78, 5) is 23.5. The van der Waals surface area contributed by atoms with Crippen molar-refractivity contribution in [1.82, 2.24) is 14.9 Å². The maximum atomic E-state index is 12.7. The molecule has 134 valence electrons. The Balaban J connectivity index is 1.61. The maximum absolute atomic E-state index is 12.7. The molecule has 0 spiro atoms. The number of hydrogen-bond acceptors (Lipinski definition) is 6. The average Bonchev–Trinajstić information content (AvgIpc) is 3.31. The van der Waals surface area contributed by atoms with Crippen LogP contribution in [0.4, 0.5) is 5.13 Å². The zero-order valence-corrected chi connectivity index (χ0v) is 16.1. The monoisotopic (exact) mass is 384 g/mol. The summed E-state index contributed by atoms with van der Waals surface area (Å²) in [7, 11) is 0. The molecule has 0 bridgehead atoms. The van der Waals surface area contributed by atoms with Crippen molar-refractivity contribution in [2.45, 2.75) is 25.2 Å². The predicted octanol–water partition coefficient (Wildman–Crippen LogP) is 3.71. The van der Waals surface area contributed by atoms with E-state index in [1.807, 2.05) is 17.9 Å². The van der Waals surface area contributed by atoms with Gasteiger partial charge in [0.1, 0.15) is 5.69 Å². The molecule has 1 aliphatic heterocycles. The van der Waals surface area contributed by atoms with Gasteiger partial charge < -0.3 is 10.6 Å². The van der Waals surface area contributed by atoms with Crippen LogP contribution in [0.3, 0.4) is 0 Å². The van der Waals surface area contributed by atoms with Crippen LogP contribution < -0.4 is 5.73 Å². The normalized spacial score (nSPS) is 16.6. The molecule has 4 rings (SSSR count). The molecule has 0 atom stereocenters. The summed E-state index contributed by atoms with van der Waals surface area (Å²) in [5.41, 5.74) is 8.38. The zero-order chi connectivity index (χ0) is 18.1. The second-order valence-electron chi connectivity index (χ2n) is 6.56. The van der Waals surface area contributed by atoms with Crippen molar-refractivity contribution in [3.63, 3.8) is 0 Å². The van der Waals surface area contributed by atoms with Gasteiger partial charge in [-0.1, -0.05) is 30.3 Å². The summed E-state index contributed by atoms with van der Waals surface area (Å²) < 4.78 is 0. The first-order valence-electron chi connectivity index (χ1n) is 8.57. The number of nitrogen functional groups attached to an aromatic ring is 1. The highest BCUT2D eigenvalue weighted by Gasteiger charge is 2.40. The van der Waals surface area contributed by atoms with E-state index in [0.29, 0.717) is 23.9 Å². The molecule has 7 heteroatoms. The number of aryl methyl sites for hydroxylation is 1. The van der Waals surface area contributed by atoms with Gasteiger partial charge in [-0.05, 0) is 25.3 Å². The van der Waals surface area contributed by atoms with E-state index in [9.17, 15) is 4.79 Å². The largest absolute Gasteiger partial charge is 0.375 e. The first kappa shape index (κ1) is 17.2. The Morgan fingerprint density at radius 1 is 1.12 bits per heavy atom. The summed E-state index contributed by atoms with van der Waals surface area (Å²) in [5, 5.41) is 5.41. The third kappa shape index (κ3) is 3.01. The Kier molecular flexibility index (Phi) is 4.50. The molecule has 0 radical (unpaired) electrons. The van der Waals surface area contributed by atoms with Crippen LogP contribution in [0.25, 0.3) is 0 Å². The highest BCUT2D eigenvalue weighted by Crippen LogP contribution is 2.42. The quantitative estimate of drug-likeness (QED) is 0.747. The lowest BCUT2D eigenvalue weighted by Crippen LogP contribution is -2.46. The van der Waals surface area contributed by atoms with Crippen LogP contribution in [0.15, 0.2) is 41.1 Å². The van der Waals surface area contributed by atoms with Crippen molar-refractivity contribution in [1.29, 1.82) is 0 Å². The number of piperidine rings is 1. The zero-order valence-electron chi connectivity index (χ0n) is 14.5. The van der Waals surface area contributed by atoms with E-state index in [-0.39, 0.29) is 11.3 Å². The van der Waals surface area contributed by atoms with Crippen LogP contribution in [0.1, 0.15) is 39.6 Å². The van der Waals surface area contributed by atoms with Crippen LogP contribution >= 0.6 is 22.7 Å². The number of likely N-dealkylation sites (tertiary alicyclic amines) is 1. The molecule has 1 aromatic carbocycles. The van der Waals surface area contributed by atoms with E-state index in [2.05, 4.69) is 34.6 Å². The van der Waals surface area contributed by atoms with E-state index in [1.165, 1.54) is 16.9 Å². The smallest absolute Gasteiger partial charge is 0.273 e. The summed E-state index contributed by atoms with van der Waals surface area (Å²) in [5.74, 6) is -0.0333. The van der Waals surface area contributed by atoms with E-state index in [0.717, 1.165) is 23.5 Å². The van der Waals surface area contributed by atoms with E-state index >= 15 is 0 Å². The second-order valence-corrected chi connectivity index (χ2v) is 8.51. The van der Waals surface area contributed by atoms with Gasteiger partial charge in [0.25, 0.3) is 5.91 Å². The Morgan fingerprint density at radius 2 is 1.85 bits per heavy atom. The molecule has 2 aromatic heterocycles. The van der Waals surface area contributed by atoms with Crippen molar-refractivity contribution >= 4 is 33.7 Å². The predicted molar refractivity (Wildman–Crippen MR) is 106 cm³/mol. The highest BCUT2D eigenvalue weighted by atomic mass is 32.1. The van der Waals surface area contributed by atoms with Crippen molar-refractivity contribution < 1.29 is 4.79 Å². The lowest BCUT2D eigenvalue weighted by molar-refractivity contribution is 0.0679. The van der Waals surface area contributed by atoms with E-state index in [1.54, 1.807) is 16.7 Å². The van der Waals surface area contributed by atoms with Gasteiger partial charge in [0.2, 0.25) is 0 Å². The van der Waals surface area contributed by atoms with Crippen LogP contribution in [-0.4, -0.2) is 33.9 Å². The molecule has 1 fully saturated rings. The fourth-order valence-electron chi connectivity index (χ4n) is 3.67. The summed E-state index contributed by atoms with van der Waals surface area (Å²) in [6, 6.07) is 10.5. The number of nitrogens with zero attached hydrogens (tertiary/aromatic N) is 3. The number of carbonyl (C=O) groups excluding carboxylic acids is 1. The van der Waals surface area contributed by atoms with Gasteiger partial charge in [-0.3, -0.25) is 4.79 Å². The van der Waals surface area contributed by atoms with Gasteiger partial charge >= 0.3 is 0 Å². The fraction of sp³-hybridized carbons (Fsp3) is 0.316. The number of aromatic nitrogens is 2. The molecule has 26 heavy (non-hydrogen) atoms. The number of hydrogen-bond donors (Lipinski definition) is 1. The standard InChI is InChI=1S/C19H20N4OS2/c1-13-21-16(12-25-13)19(14-5-3-2-4-6-14)7-9-23(10-8-19)17(24)15-11-26-18(20)22-15/h2-6,11-12H,7-10H2,1H3,(H2,20,22). The van der Waals surface area contributed by atoms with Gasteiger partial charge in [0.15, 0.2) is 5.13 Å². The molecule has 5 nitrogen and oxygen atoms in total. The van der Waals surface area contributed by atoms with Crippen LogP contribution in [0, 0.1) is 6.92 Å². The number of benzene rings is 1. The lowest BCUT2D eigenvalue weighted by atomic mass is 9.70. The molecule has 2 N–H and O–H groups in total. The molecule has 0 aliphatic carbocycles. The Morgan fingerprint density at radius 3 is 2.42 bits per heavy atom. The summed E-state index contributed by atoms with van der Waals surface area (Å²) in [6.07, 6.45) is 1.71. The number of carbonyl (C=O) groups is 1. The number of thiazole rings is 2. The average molecular weight is 385 g/mol. The first-order valence-corrected chi connectivity index (χ1v) is 10.3. The summed E-state index contributed by atoms with van der Waals surface area (Å²) in [6.45, 7) is 3.40. The number of anilines is 1. The summed E-state index contributed by atoms with van der Waals surface area (Å²) >= 11 is 2.99. The van der Waals surface area contributed by atoms with Crippen molar-refractivity contribution in [2.75, 3.05) is 18.8 Å². The molecular formula is C19H20N4OS2. The first-order chi connectivity index (χ1) is 12.6. The number of amides is 1. The van der Waals surface area contributed by atoms with Crippen molar-refractivity contribution in [3.8, 4) is 0 Å². The van der Waals surface area contributed by atoms with E-state index < -0.39 is 0 Å². The van der Waals surface area contributed by atoms with Gasteiger partial charge in [0.05, 0.1) is 10.7 Å². The number of nitrogens with two attached hydrogens (primary N) is 1. The van der Waals surface area contributed by atoms with Crippen molar-refractivity contribution in [2.24, 2.45) is 0 Å². The van der Waals surface area contributed by atoms with Crippen LogP contribution in [0.2, 0.25) is 0 Å². The SMILES string of the molecule is Cc1nc(C2(c3ccccc3)CCN(C(=O)c3csc(N)n3)CC2)cs1. The Hall–Kier alpha value is -2.25.